The highest BCUT2D eigenvalue weighted by Crippen LogP contribution is 2.31. The fraction of sp³-hybridized carbons (Fsp3) is 0.192. The number of benzene rings is 2. The topological polar surface area (TPSA) is 94.3 Å². The molecule has 1 fully saturated rings. The van der Waals surface area contributed by atoms with E-state index in [2.05, 4.69) is 67.2 Å². The number of hydrogen-bond donors (Lipinski definition) is 4. The number of anilines is 2. The third-order valence-corrected chi connectivity index (χ3v) is 6.28. The van der Waals surface area contributed by atoms with E-state index in [-0.39, 0.29) is 0 Å². The van der Waals surface area contributed by atoms with Crippen LogP contribution in [0.5, 0.6) is 0 Å². The highest BCUT2D eigenvalue weighted by molar-refractivity contribution is 5.87. The normalized spacial score (nSPS) is 15.8. The second kappa shape index (κ2) is 8.18. The predicted molar refractivity (Wildman–Crippen MR) is 132 cm³/mol. The van der Waals surface area contributed by atoms with E-state index in [0.29, 0.717) is 5.92 Å². The molecule has 33 heavy (non-hydrogen) atoms. The van der Waals surface area contributed by atoms with E-state index in [9.17, 15) is 0 Å². The minimum atomic E-state index is 0.617. The van der Waals surface area contributed by atoms with Gasteiger partial charge in [-0.2, -0.15) is 5.10 Å². The van der Waals surface area contributed by atoms with Crippen molar-refractivity contribution in [2.75, 3.05) is 18.4 Å². The van der Waals surface area contributed by atoms with Crippen molar-refractivity contribution in [2.24, 2.45) is 0 Å². The summed E-state index contributed by atoms with van der Waals surface area (Å²) in [6.07, 6.45) is 3.05. The number of nitrogens with one attached hydrogen (secondary N) is 4. The second-order valence-electron chi connectivity index (χ2n) is 8.58. The molecule has 1 atom stereocenters. The van der Waals surface area contributed by atoms with Crippen LogP contribution in [0.3, 0.4) is 0 Å². The first-order valence-corrected chi connectivity index (χ1v) is 11.3. The van der Waals surface area contributed by atoms with Crippen LogP contribution in [0.15, 0.2) is 66.9 Å². The summed E-state index contributed by atoms with van der Waals surface area (Å²) in [7, 11) is 0. The van der Waals surface area contributed by atoms with Crippen molar-refractivity contribution < 1.29 is 0 Å². The molecule has 4 N–H and O–H groups in total. The van der Waals surface area contributed by atoms with Crippen LogP contribution in [-0.4, -0.2) is 38.2 Å². The number of H-pyrrole nitrogens is 2. The van der Waals surface area contributed by atoms with Crippen LogP contribution >= 0.6 is 0 Å². The molecule has 0 spiro atoms. The van der Waals surface area contributed by atoms with Crippen molar-refractivity contribution in [2.45, 2.75) is 19.3 Å². The van der Waals surface area contributed by atoms with Crippen molar-refractivity contribution in [3.63, 3.8) is 0 Å². The third kappa shape index (κ3) is 3.87. The number of aryl methyl sites for hydroxylation is 1. The van der Waals surface area contributed by atoms with Gasteiger partial charge in [0.25, 0.3) is 0 Å². The molecule has 0 amide bonds. The van der Waals surface area contributed by atoms with Gasteiger partial charge in [-0.05, 0) is 73.3 Å². The van der Waals surface area contributed by atoms with Gasteiger partial charge in [0, 0.05) is 23.5 Å². The lowest BCUT2D eigenvalue weighted by atomic mass is 9.98. The fourth-order valence-corrected chi connectivity index (χ4v) is 4.53. The third-order valence-electron chi connectivity index (χ3n) is 6.28. The van der Waals surface area contributed by atoms with Crippen molar-refractivity contribution >= 4 is 22.7 Å². The Bertz CT molecular complexity index is 1410. The molecule has 0 aliphatic carbocycles. The molecular weight excluding hydrogens is 410 g/mol. The van der Waals surface area contributed by atoms with Crippen LogP contribution < -0.4 is 10.6 Å². The summed E-state index contributed by atoms with van der Waals surface area (Å²) < 4.78 is 0. The molecular formula is C26H25N7. The lowest BCUT2D eigenvalue weighted by molar-refractivity contribution is 0.763. The summed E-state index contributed by atoms with van der Waals surface area (Å²) in [5.41, 5.74) is 9.11. The molecule has 3 aromatic heterocycles. The first-order valence-electron chi connectivity index (χ1n) is 11.3. The van der Waals surface area contributed by atoms with Gasteiger partial charge in [-0.25, -0.2) is 4.98 Å². The van der Waals surface area contributed by atoms with Crippen LogP contribution in [0.25, 0.3) is 33.5 Å². The van der Waals surface area contributed by atoms with Crippen LogP contribution in [0.1, 0.15) is 23.6 Å². The summed E-state index contributed by atoms with van der Waals surface area (Å²) in [5, 5.41) is 14.2. The van der Waals surface area contributed by atoms with Gasteiger partial charge >= 0.3 is 0 Å². The SMILES string of the molecule is Cc1cccc(-c2[nH]ncc2-c2ccc3nc(Nc4ccc(C5CCNC5)cc4)[nH]c3c2)n1. The predicted octanol–water partition coefficient (Wildman–Crippen LogP) is 5.14. The number of aromatic nitrogens is 5. The zero-order valence-electron chi connectivity index (χ0n) is 18.4. The molecule has 1 unspecified atom stereocenters. The second-order valence-corrected chi connectivity index (χ2v) is 8.58. The molecule has 0 saturated carbocycles. The summed E-state index contributed by atoms with van der Waals surface area (Å²) in [4.78, 5) is 12.8. The number of hydrogen-bond acceptors (Lipinski definition) is 5. The Morgan fingerprint density at radius 3 is 2.73 bits per heavy atom. The van der Waals surface area contributed by atoms with E-state index < -0.39 is 0 Å². The monoisotopic (exact) mass is 435 g/mol. The Kier molecular flexibility index (Phi) is 4.88. The zero-order chi connectivity index (χ0) is 22.2. The van der Waals surface area contributed by atoms with E-state index in [1.807, 2.05) is 37.4 Å². The zero-order valence-corrected chi connectivity index (χ0v) is 18.4. The molecule has 7 nitrogen and oxygen atoms in total. The van der Waals surface area contributed by atoms with Crippen LogP contribution in [0.2, 0.25) is 0 Å². The average Bonchev–Trinajstić information content (AvgIpc) is 3.59. The summed E-state index contributed by atoms with van der Waals surface area (Å²) in [6.45, 7) is 4.16. The van der Waals surface area contributed by atoms with Gasteiger partial charge in [-0.3, -0.25) is 10.1 Å². The molecule has 1 saturated heterocycles. The van der Waals surface area contributed by atoms with Crippen LogP contribution in [0, 0.1) is 6.92 Å². The first-order chi connectivity index (χ1) is 16.2. The van der Waals surface area contributed by atoms with Crippen molar-refractivity contribution in [1.29, 1.82) is 0 Å². The summed E-state index contributed by atoms with van der Waals surface area (Å²) in [6, 6.07) is 20.9. The molecule has 2 aromatic carbocycles. The Balaban J connectivity index is 1.26. The van der Waals surface area contributed by atoms with Crippen molar-refractivity contribution in [3.8, 4) is 22.5 Å². The molecule has 0 bridgehead atoms. The lowest BCUT2D eigenvalue weighted by Crippen LogP contribution is -2.07. The Morgan fingerprint density at radius 2 is 1.91 bits per heavy atom. The number of aromatic amines is 2. The van der Waals surface area contributed by atoms with E-state index in [0.717, 1.165) is 64.0 Å². The van der Waals surface area contributed by atoms with E-state index in [1.165, 1.54) is 12.0 Å². The molecule has 6 rings (SSSR count). The summed E-state index contributed by atoms with van der Waals surface area (Å²) in [5.74, 6) is 1.34. The average molecular weight is 436 g/mol. The lowest BCUT2D eigenvalue weighted by Gasteiger charge is -2.10. The van der Waals surface area contributed by atoms with Gasteiger partial charge in [0.2, 0.25) is 5.95 Å². The van der Waals surface area contributed by atoms with Gasteiger partial charge in [0.1, 0.15) is 0 Å². The Hall–Kier alpha value is -3.97. The quantitative estimate of drug-likeness (QED) is 0.307. The van der Waals surface area contributed by atoms with E-state index in [4.69, 9.17) is 4.98 Å². The highest BCUT2D eigenvalue weighted by Gasteiger charge is 2.16. The Morgan fingerprint density at radius 1 is 1.00 bits per heavy atom. The number of rotatable bonds is 5. The maximum absolute atomic E-state index is 4.71. The fourth-order valence-electron chi connectivity index (χ4n) is 4.53. The molecule has 7 heteroatoms. The van der Waals surface area contributed by atoms with Gasteiger partial charge in [0.05, 0.1) is 28.6 Å². The Labute approximate surface area is 191 Å². The number of imidazole rings is 1. The van der Waals surface area contributed by atoms with Crippen LogP contribution in [0.4, 0.5) is 11.6 Å². The van der Waals surface area contributed by atoms with Crippen molar-refractivity contribution in [1.82, 2.24) is 30.5 Å². The number of pyridine rings is 1. The van der Waals surface area contributed by atoms with Gasteiger partial charge in [-0.1, -0.05) is 24.3 Å². The highest BCUT2D eigenvalue weighted by atomic mass is 15.1. The maximum Gasteiger partial charge on any atom is 0.205 e. The van der Waals surface area contributed by atoms with Crippen LogP contribution in [-0.2, 0) is 0 Å². The molecule has 5 aromatic rings. The molecule has 1 aliphatic heterocycles. The van der Waals surface area contributed by atoms with Crippen molar-refractivity contribution in [3.05, 3.63) is 78.1 Å². The minimum Gasteiger partial charge on any atom is -0.326 e. The maximum atomic E-state index is 4.71. The largest absolute Gasteiger partial charge is 0.326 e. The molecule has 1 aliphatic rings. The first kappa shape index (κ1) is 19.7. The van der Waals surface area contributed by atoms with E-state index >= 15 is 0 Å². The number of fused-ring (bicyclic) bond motifs is 1. The smallest absolute Gasteiger partial charge is 0.205 e. The minimum absolute atomic E-state index is 0.617. The molecule has 164 valence electrons. The summed E-state index contributed by atoms with van der Waals surface area (Å²) >= 11 is 0. The van der Waals surface area contributed by atoms with E-state index in [1.54, 1.807) is 0 Å². The van der Waals surface area contributed by atoms with Gasteiger partial charge in [0.15, 0.2) is 0 Å². The molecule has 4 heterocycles. The van der Waals surface area contributed by atoms with Gasteiger partial charge in [-0.15, -0.1) is 0 Å². The number of nitrogens with zero attached hydrogens (tertiary/aromatic N) is 3. The van der Waals surface area contributed by atoms with Gasteiger partial charge < -0.3 is 15.6 Å². The standard InChI is InChI=1S/C26H25N7/c1-16-3-2-4-23(29-16)25-21(15-28-33-25)18-7-10-22-24(13-18)32-26(31-22)30-20-8-5-17(6-9-20)19-11-12-27-14-19/h2-10,13,15,19,27H,11-12,14H2,1H3,(H,28,33)(H2,30,31,32). The molecule has 0 radical (unpaired) electrons.